The van der Waals surface area contributed by atoms with Crippen LogP contribution in [0.4, 0.5) is 11.5 Å². The third kappa shape index (κ3) is 4.79. The average molecular weight is 539 g/mol. The second-order valence-electron chi connectivity index (χ2n) is 11.9. The molecule has 9 heteroatoms. The van der Waals surface area contributed by atoms with Crippen LogP contribution in [-0.4, -0.2) is 110 Å². The van der Waals surface area contributed by atoms with Gasteiger partial charge in [0.1, 0.15) is 17.5 Å². The van der Waals surface area contributed by atoms with Crippen molar-refractivity contribution in [1.82, 2.24) is 25.1 Å². The molecule has 7 rings (SSSR count). The van der Waals surface area contributed by atoms with Crippen LogP contribution >= 0.6 is 0 Å². The van der Waals surface area contributed by atoms with Gasteiger partial charge in [-0.3, -0.25) is 9.88 Å². The maximum Gasteiger partial charge on any atom is 0.128 e. The zero-order chi connectivity index (χ0) is 27.1. The van der Waals surface area contributed by atoms with Gasteiger partial charge in [-0.2, -0.15) is 5.26 Å². The lowest BCUT2D eigenvalue weighted by Gasteiger charge is -2.52. The minimum absolute atomic E-state index is 0.0168. The van der Waals surface area contributed by atoms with E-state index in [4.69, 9.17) is 9.72 Å². The smallest absolute Gasteiger partial charge is 0.128 e. The van der Waals surface area contributed by atoms with E-state index in [1.165, 1.54) is 11.3 Å². The molecule has 208 valence electrons. The van der Waals surface area contributed by atoms with Gasteiger partial charge in [-0.25, -0.2) is 4.98 Å². The van der Waals surface area contributed by atoms with Crippen molar-refractivity contribution in [3.05, 3.63) is 59.9 Å². The summed E-state index contributed by atoms with van der Waals surface area (Å²) in [7, 11) is 0. The quantitative estimate of drug-likeness (QED) is 0.525. The summed E-state index contributed by atoms with van der Waals surface area (Å²) in [6.07, 6.45) is 4.85. The molecule has 9 nitrogen and oxygen atoms in total. The van der Waals surface area contributed by atoms with Crippen molar-refractivity contribution >= 4 is 22.4 Å². The molecule has 0 amide bonds. The molecule has 4 fully saturated rings. The highest BCUT2D eigenvalue weighted by Crippen LogP contribution is 2.32. The number of benzene rings is 1. The van der Waals surface area contributed by atoms with Gasteiger partial charge in [0.2, 0.25) is 0 Å². The summed E-state index contributed by atoms with van der Waals surface area (Å²) >= 11 is 0. The number of nitrogens with zero attached hydrogens (tertiary/aromatic N) is 7. The summed E-state index contributed by atoms with van der Waals surface area (Å²) in [6.45, 7) is 13.2. The molecule has 6 heterocycles. The largest absolute Gasteiger partial charge is 0.369 e. The van der Waals surface area contributed by atoms with E-state index in [-0.39, 0.29) is 5.60 Å². The molecule has 4 aliphatic rings. The number of morpholine rings is 1. The Morgan fingerprint density at radius 2 is 2.00 bits per heavy atom. The summed E-state index contributed by atoms with van der Waals surface area (Å²) in [5.41, 5.74) is 3.91. The SMILES string of the molecule is CC1CN(c2ccc(C#N)c3ncccc23)CC2CN(CCc3ccc(N4CC5(CNCCO5)C4)nc3)CCN12. The van der Waals surface area contributed by atoms with Gasteiger partial charge in [0.05, 0.1) is 30.8 Å². The molecule has 40 heavy (non-hydrogen) atoms. The van der Waals surface area contributed by atoms with Crippen LogP contribution in [0.3, 0.4) is 0 Å². The molecule has 4 aliphatic heterocycles. The molecular weight excluding hydrogens is 500 g/mol. The van der Waals surface area contributed by atoms with E-state index in [1.807, 2.05) is 12.1 Å². The first-order chi connectivity index (χ1) is 19.6. The van der Waals surface area contributed by atoms with Crippen molar-refractivity contribution < 1.29 is 4.74 Å². The lowest BCUT2D eigenvalue weighted by Crippen LogP contribution is -2.70. The van der Waals surface area contributed by atoms with Gasteiger partial charge in [-0.1, -0.05) is 6.07 Å². The number of ether oxygens (including phenoxy) is 1. The highest BCUT2D eigenvalue weighted by Gasteiger charge is 2.45. The number of anilines is 2. The van der Waals surface area contributed by atoms with Crippen molar-refractivity contribution in [2.75, 3.05) is 81.9 Å². The van der Waals surface area contributed by atoms with Gasteiger partial charge in [0.15, 0.2) is 0 Å². The molecule has 1 N–H and O–H groups in total. The molecule has 0 radical (unpaired) electrons. The molecule has 2 atom stereocenters. The molecule has 0 saturated carbocycles. The van der Waals surface area contributed by atoms with Crippen molar-refractivity contribution in [2.24, 2.45) is 0 Å². The number of rotatable bonds is 5. The van der Waals surface area contributed by atoms with Gasteiger partial charge < -0.3 is 24.8 Å². The van der Waals surface area contributed by atoms with Gasteiger partial charge in [-0.15, -0.1) is 0 Å². The zero-order valence-corrected chi connectivity index (χ0v) is 23.3. The highest BCUT2D eigenvalue weighted by atomic mass is 16.5. The van der Waals surface area contributed by atoms with Crippen molar-refractivity contribution in [2.45, 2.75) is 31.0 Å². The van der Waals surface area contributed by atoms with E-state index in [1.54, 1.807) is 6.20 Å². The number of pyridine rings is 2. The predicted octanol–water partition coefficient (Wildman–Crippen LogP) is 2.12. The predicted molar refractivity (Wildman–Crippen MR) is 157 cm³/mol. The van der Waals surface area contributed by atoms with E-state index >= 15 is 0 Å². The van der Waals surface area contributed by atoms with Crippen molar-refractivity contribution in [1.29, 1.82) is 5.26 Å². The molecule has 1 spiro atoms. The summed E-state index contributed by atoms with van der Waals surface area (Å²) in [4.78, 5) is 19.5. The Hall–Kier alpha value is -3.29. The van der Waals surface area contributed by atoms with Crippen LogP contribution in [0.15, 0.2) is 48.8 Å². The number of hydrogen-bond acceptors (Lipinski definition) is 9. The third-order valence-corrected chi connectivity index (χ3v) is 9.24. The van der Waals surface area contributed by atoms with Crippen LogP contribution in [0.25, 0.3) is 10.9 Å². The van der Waals surface area contributed by atoms with Crippen LogP contribution < -0.4 is 15.1 Å². The van der Waals surface area contributed by atoms with Crippen molar-refractivity contribution in [3.63, 3.8) is 0 Å². The Balaban J connectivity index is 0.968. The Bertz CT molecular complexity index is 1390. The summed E-state index contributed by atoms with van der Waals surface area (Å²) in [5, 5.41) is 14.1. The third-order valence-electron chi connectivity index (χ3n) is 9.24. The minimum atomic E-state index is -0.0168. The van der Waals surface area contributed by atoms with Gasteiger partial charge >= 0.3 is 0 Å². The average Bonchev–Trinajstić information content (AvgIpc) is 2.98. The summed E-state index contributed by atoms with van der Waals surface area (Å²) < 4.78 is 6.03. The van der Waals surface area contributed by atoms with E-state index in [0.29, 0.717) is 17.6 Å². The first kappa shape index (κ1) is 25.7. The molecule has 2 aromatic heterocycles. The first-order valence-electron chi connectivity index (χ1n) is 14.7. The number of nitriles is 1. The Labute approximate surface area is 236 Å². The Morgan fingerprint density at radius 3 is 2.80 bits per heavy atom. The van der Waals surface area contributed by atoms with Crippen LogP contribution in [0.5, 0.6) is 0 Å². The monoisotopic (exact) mass is 538 g/mol. The second kappa shape index (κ2) is 10.6. The number of piperazine rings is 2. The zero-order valence-electron chi connectivity index (χ0n) is 23.3. The highest BCUT2D eigenvalue weighted by molar-refractivity contribution is 5.95. The van der Waals surface area contributed by atoms with E-state index in [0.717, 1.165) is 95.2 Å². The fourth-order valence-corrected chi connectivity index (χ4v) is 7.11. The van der Waals surface area contributed by atoms with Crippen LogP contribution in [0, 0.1) is 11.3 Å². The minimum Gasteiger partial charge on any atom is -0.369 e. The van der Waals surface area contributed by atoms with E-state index < -0.39 is 0 Å². The summed E-state index contributed by atoms with van der Waals surface area (Å²) in [6, 6.07) is 15.8. The van der Waals surface area contributed by atoms with E-state index in [2.05, 4.69) is 73.4 Å². The van der Waals surface area contributed by atoms with Crippen LogP contribution in [0.1, 0.15) is 18.1 Å². The fraction of sp³-hybridized carbons (Fsp3) is 0.516. The molecular formula is C31H38N8O. The van der Waals surface area contributed by atoms with E-state index in [9.17, 15) is 5.26 Å². The van der Waals surface area contributed by atoms with Gasteiger partial charge in [0, 0.05) is 87.9 Å². The fourth-order valence-electron chi connectivity index (χ4n) is 7.11. The lowest BCUT2D eigenvalue weighted by molar-refractivity contribution is -0.0831. The van der Waals surface area contributed by atoms with Gasteiger partial charge in [-0.05, 0) is 49.2 Å². The normalized spacial score (nSPS) is 25.0. The molecule has 4 saturated heterocycles. The maximum absolute atomic E-state index is 9.57. The summed E-state index contributed by atoms with van der Waals surface area (Å²) in [5.74, 6) is 1.05. The Morgan fingerprint density at radius 1 is 1.07 bits per heavy atom. The standard InChI is InChI=1S/C31H38N8O/c1-23-17-37(28-6-5-25(15-32)30-27(28)3-2-9-34-30)19-26-18-36(12-13-39(23)26)11-8-24-4-7-29(35-16-24)38-21-31(22-38)20-33-10-14-40-31/h2-7,9,16,23,26,33H,8,10-14,17-22H2,1H3. The second-order valence-corrected chi connectivity index (χ2v) is 11.9. The number of nitrogens with one attached hydrogen (secondary N) is 1. The number of fused-ring (bicyclic) bond motifs is 2. The number of aromatic nitrogens is 2. The van der Waals surface area contributed by atoms with Crippen LogP contribution in [0.2, 0.25) is 0 Å². The molecule has 0 aliphatic carbocycles. The molecule has 3 aromatic rings. The Kier molecular flexibility index (Phi) is 6.80. The molecule has 2 unspecified atom stereocenters. The first-order valence-corrected chi connectivity index (χ1v) is 14.7. The topological polar surface area (TPSA) is 83.8 Å². The lowest BCUT2D eigenvalue weighted by atomic mass is 9.92. The molecule has 1 aromatic carbocycles. The molecule has 0 bridgehead atoms. The van der Waals surface area contributed by atoms with Crippen molar-refractivity contribution in [3.8, 4) is 6.07 Å². The van der Waals surface area contributed by atoms with Gasteiger partial charge in [0.25, 0.3) is 0 Å². The van der Waals surface area contributed by atoms with Crippen LogP contribution in [-0.2, 0) is 11.2 Å². The number of hydrogen-bond donors (Lipinski definition) is 1. The maximum atomic E-state index is 9.57.